The molecule has 0 aliphatic carbocycles. The first-order valence-electron chi connectivity index (χ1n) is 6.18. The summed E-state index contributed by atoms with van der Waals surface area (Å²) >= 11 is 1.71. The number of hydrogen-bond donors (Lipinski definition) is 2. The largest absolute Gasteiger partial charge is 0.369 e. The lowest BCUT2D eigenvalue weighted by molar-refractivity contribution is 0.562. The minimum absolute atomic E-state index is 0.202. The first kappa shape index (κ1) is 16.3. The average Bonchev–Trinajstić information content (AvgIpc) is 2.38. The van der Waals surface area contributed by atoms with E-state index in [1.807, 2.05) is 20.1 Å². The van der Waals surface area contributed by atoms with Crippen molar-refractivity contribution in [2.24, 2.45) is 5.92 Å². The number of thioether (sulfide) groups is 1. The van der Waals surface area contributed by atoms with Crippen molar-refractivity contribution in [1.82, 2.24) is 9.71 Å². The Hall–Kier alpha value is -0.790. The van der Waals surface area contributed by atoms with Crippen LogP contribution in [0, 0.1) is 5.92 Å². The highest BCUT2D eigenvalue weighted by atomic mass is 32.2. The van der Waals surface area contributed by atoms with E-state index in [1.54, 1.807) is 30.1 Å². The van der Waals surface area contributed by atoms with Crippen molar-refractivity contribution in [3.8, 4) is 0 Å². The molecule has 1 aromatic heterocycles. The zero-order valence-corrected chi connectivity index (χ0v) is 13.1. The van der Waals surface area contributed by atoms with E-state index in [4.69, 9.17) is 0 Å². The van der Waals surface area contributed by atoms with Crippen molar-refractivity contribution in [1.29, 1.82) is 0 Å². The maximum Gasteiger partial charge on any atom is 0.244 e. The van der Waals surface area contributed by atoms with Gasteiger partial charge >= 0.3 is 0 Å². The summed E-state index contributed by atoms with van der Waals surface area (Å²) in [5.74, 6) is 1.62. The molecule has 5 nitrogen and oxygen atoms in total. The normalized spacial score (nSPS) is 13.2. The van der Waals surface area contributed by atoms with Crippen LogP contribution in [0.1, 0.15) is 13.8 Å². The van der Waals surface area contributed by atoms with Gasteiger partial charge in [-0.15, -0.1) is 0 Å². The molecular formula is C12H21N3O2S2. The Labute approximate surface area is 119 Å². The van der Waals surface area contributed by atoms with E-state index in [-0.39, 0.29) is 4.90 Å². The second kappa shape index (κ2) is 7.72. The van der Waals surface area contributed by atoms with Crippen LogP contribution in [-0.2, 0) is 10.0 Å². The van der Waals surface area contributed by atoms with E-state index in [2.05, 4.69) is 15.0 Å². The van der Waals surface area contributed by atoms with Crippen molar-refractivity contribution in [2.75, 3.05) is 30.4 Å². The molecule has 0 amide bonds. The molecule has 0 aliphatic rings. The van der Waals surface area contributed by atoms with Crippen LogP contribution in [0.4, 0.5) is 5.82 Å². The van der Waals surface area contributed by atoms with Crippen molar-refractivity contribution in [2.45, 2.75) is 18.7 Å². The molecule has 0 saturated heterocycles. The van der Waals surface area contributed by atoms with E-state index in [9.17, 15) is 8.42 Å². The topological polar surface area (TPSA) is 71.1 Å². The van der Waals surface area contributed by atoms with Gasteiger partial charge in [0.25, 0.3) is 0 Å². The van der Waals surface area contributed by atoms with Crippen molar-refractivity contribution in [3.63, 3.8) is 0 Å². The summed E-state index contributed by atoms with van der Waals surface area (Å²) in [4.78, 5) is 4.27. The Morgan fingerprint density at radius 3 is 2.84 bits per heavy atom. The minimum Gasteiger partial charge on any atom is -0.369 e. The lowest BCUT2D eigenvalue weighted by atomic mass is 10.2. The van der Waals surface area contributed by atoms with E-state index < -0.39 is 10.0 Å². The number of rotatable bonds is 8. The number of nitrogens with one attached hydrogen (secondary N) is 2. The Kier molecular flexibility index (Phi) is 6.60. The van der Waals surface area contributed by atoms with Crippen molar-refractivity contribution in [3.05, 3.63) is 18.3 Å². The molecule has 2 N–H and O–H groups in total. The van der Waals surface area contributed by atoms with E-state index in [0.29, 0.717) is 24.8 Å². The smallest absolute Gasteiger partial charge is 0.244 e. The van der Waals surface area contributed by atoms with Crippen molar-refractivity contribution >= 4 is 27.6 Å². The van der Waals surface area contributed by atoms with Crippen LogP contribution in [-0.4, -0.2) is 38.5 Å². The maximum absolute atomic E-state index is 12.2. The van der Waals surface area contributed by atoms with Gasteiger partial charge in [0.2, 0.25) is 10.0 Å². The average molecular weight is 303 g/mol. The van der Waals surface area contributed by atoms with Gasteiger partial charge in [-0.3, -0.25) is 0 Å². The van der Waals surface area contributed by atoms with Crippen LogP contribution >= 0.6 is 11.8 Å². The first-order chi connectivity index (χ1) is 9.01. The number of hydrogen-bond acceptors (Lipinski definition) is 5. The second-order valence-electron chi connectivity index (χ2n) is 4.29. The number of nitrogens with zero attached hydrogens (tertiary/aromatic N) is 1. The fourth-order valence-electron chi connectivity index (χ4n) is 1.58. The van der Waals surface area contributed by atoms with E-state index in [1.165, 1.54) is 0 Å². The van der Waals surface area contributed by atoms with E-state index >= 15 is 0 Å². The summed E-state index contributed by atoms with van der Waals surface area (Å²) in [5, 5.41) is 2.96. The number of sulfonamides is 1. The maximum atomic E-state index is 12.2. The molecule has 0 saturated carbocycles. The SMILES string of the molecule is CCNc1ncccc1S(=O)(=O)NCC(C)CSC. The quantitative estimate of drug-likeness (QED) is 0.766. The number of pyridine rings is 1. The summed E-state index contributed by atoms with van der Waals surface area (Å²) in [7, 11) is -3.51. The third-order valence-corrected chi connectivity index (χ3v) is 4.83. The number of aromatic nitrogens is 1. The van der Waals surface area contributed by atoms with Gasteiger partial charge in [0.15, 0.2) is 0 Å². The summed E-state index contributed by atoms with van der Waals surface area (Å²) in [6, 6.07) is 3.19. The van der Waals surface area contributed by atoms with Crippen LogP contribution in [0.15, 0.2) is 23.2 Å². The zero-order chi connectivity index (χ0) is 14.3. The van der Waals surface area contributed by atoms with Gasteiger partial charge in [-0.05, 0) is 37.0 Å². The third-order valence-electron chi connectivity index (χ3n) is 2.48. The lowest BCUT2D eigenvalue weighted by Gasteiger charge is -2.14. The van der Waals surface area contributed by atoms with Gasteiger partial charge in [0.1, 0.15) is 10.7 Å². The molecular weight excluding hydrogens is 282 g/mol. The van der Waals surface area contributed by atoms with Crippen molar-refractivity contribution < 1.29 is 8.42 Å². The molecule has 7 heteroatoms. The first-order valence-corrected chi connectivity index (χ1v) is 9.06. The molecule has 1 atom stereocenters. The van der Waals surface area contributed by atoms with Crippen LogP contribution in [0.25, 0.3) is 0 Å². The Morgan fingerprint density at radius 1 is 1.47 bits per heavy atom. The van der Waals surface area contributed by atoms with Crippen LogP contribution in [0.5, 0.6) is 0 Å². The third kappa shape index (κ3) is 5.00. The molecule has 1 rings (SSSR count). The van der Waals surface area contributed by atoms with Crippen LogP contribution in [0.3, 0.4) is 0 Å². The molecule has 0 bridgehead atoms. The summed E-state index contributed by atoms with van der Waals surface area (Å²) in [6.07, 6.45) is 3.59. The highest BCUT2D eigenvalue weighted by Crippen LogP contribution is 2.17. The van der Waals surface area contributed by atoms with E-state index in [0.717, 1.165) is 5.75 Å². The summed E-state index contributed by atoms with van der Waals surface area (Å²) < 4.78 is 27.1. The molecule has 1 aromatic rings. The molecule has 19 heavy (non-hydrogen) atoms. The highest BCUT2D eigenvalue weighted by Gasteiger charge is 2.19. The van der Waals surface area contributed by atoms with Gasteiger partial charge in [0, 0.05) is 19.3 Å². The Balaban J connectivity index is 2.82. The molecule has 0 fully saturated rings. The predicted molar refractivity (Wildman–Crippen MR) is 81.1 cm³/mol. The summed E-state index contributed by atoms with van der Waals surface area (Å²) in [6.45, 7) is 4.98. The molecule has 1 heterocycles. The summed E-state index contributed by atoms with van der Waals surface area (Å²) in [5.41, 5.74) is 0. The minimum atomic E-state index is -3.51. The molecule has 0 spiro atoms. The van der Waals surface area contributed by atoms with Gasteiger partial charge in [-0.2, -0.15) is 11.8 Å². The Morgan fingerprint density at radius 2 is 2.21 bits per heavy atom. The molecule has 108 valence electrons. The highest BCUT2D eigenvalue weighted by molar-refractivity contribution is 7.98. The molecule has 1 unspecified atom stereocenters. The Bertz CT molecular complexity index is 492. The zero-order valence-electron chi connectivity index (χ0n) is 11.5. The van der Waals surface area contributed by atoms with Gasteiger partial charge in [-0.25, -0.2) is 18.1 Å². The van der Waals surface area contributed by atoms with Gasteiger partial charge in [0.05, 0.1) is 0 Å². The molecule has 0 aliphatic heterocycles. The predicted octanol–water partition coefficient (Wildman–Crippen LogP) is 1.79. The fraction of sp³-hybridized carbons (Fsp3) is 0.583. The lowest BCUT2D eigenvalue weighted by Crippen LogP contribution is -2.30. The van der Waals surface area contributed by atoms with Crippen LogP contribution in [0.2, 0.25) is 0 Å². The fourth-order valence-corrected chi connectivity index (χ4v) is 3.56. The standard InChI is InChI=1S/C12H21N3O2S2/c1-4-13-12-11(6-5-7-14-12)19(16,17)15-8-10(2)9-18-3/h5-7,10,15H,4,8-9H2,1-3H3,(H,13,14). The second-order valence-corrected chi connectivity index (χ2v) is 6.94. The van der Waals surface area contributed by atoms with Gasteiger partial charge in [-0.1, -0.05) is 6.92 Å². The number of anilines is 1. The monoisotopic (exact) mass is 303 g/mol. The van der Waals surface area contributed by atoms with Crippen LogP contribution < -0.4 is 10.0 Å². The molecule has 0 aromatic carbocycles. The molecule has 0 radical (unpaired) electrons. The van der Waals surface area contributed by atoms with Gasteiger partial charge < -0.3 is 5.32 Å².